The van der Waals surface area contributed by atoms with E-state index in [-0.39, 0.29) is 11.9 Å². The van der Waals surface area contributed by atoms with Gasteiger partial charge in [0, 0.05) is 6.54 Å². The van der Waals surface area contributed by atoms with Gasteiger partial charge in [0.25, 0.3) is 5.97 Å². The second-order valence-electron chi connectivity index (χ2n) is 7.52. The van der Waals surface area contributed by atoms with Gasteiger partial charge < -0.3 is 4.65 Å². The zero-order chi connectivity index (χ0) is 18.4. The first kappa shape index (κ1) is 19.0. The summed E-state index contributed by atoms with van der Waals surface area (Å²) in [5.41, 5.74) is 1.40. The molecule has 138 valence electrons. The summed E-state index contributed by atoms with van der Waals surface area (Å²) < 4.78 is 5.08. The Hall–Kier alpha value is -1.81. The lowest BCUT2D eigenvalue weighted by molar-refractivity contribution is -0.141. The average molecular weight is 351 g/mol. The van der Waals surface area contributed by atoms with Crippen LogP contribution < -0.4 is 0 Å². The highest BCUT2D eigenvalue weighted by Crippen LogP contribution is 2.31. The standard InChI is InChI=1S/C22H30BNO2/c1-2-3-10-21(22(25)26-23)18-12-14-24(15-13-18)16-19-9-6-8-17-7-4-5-11-20(17)19/h4-9,11,18,21H,2-3,10,12-16,23H2,1H3. The van der Waals surface area contributed by atoms with Gasteiger partial charge in [-0.25, -0.2) is 0 Å². The second kappa shape index (κ2) is 9.22. The Kier molecular flexibility index (Phi) is 6.73. The Morgan fingerprint density at radius 1 is 1.19 bits per heavy atom. The van der Waals surface area contributed by atoms with Gasteiger partial charge in [-0.05, 0) is 54.6 Å². The first-order valence-corrected chi connectivity index (χ1v) is 9.99. The Balaban J connectivity index is 1.61. The second-order valence-corrected chi connectivity index (χ2v) is 7.52. The summed E-state index contributed by atoms with van der Waals surface area (Å²) in [4.78, 5) is 14.7. The number of hydrogen-bond acceptors (Lipinski definition) is 3. The molecule has 0 N–H and O–H groups in total. The van der Waals surface area contributed by atoms with Crippen LogP contribution in [-0.4, -0.2) is 32.0 Å². The van der Waals surface area contributed by atoms with E-state index in [1.807, 2.05) is 0 Å². The van der Waals surface area contributed by atoms with Crippen molar-refractivity contribution < 1.29 is 9.45 Å². The molecule has 0 saturated carbocycles. The number of hydrogen-bond donors (Lipinski definition) is 0. The smallest absolute Gasteiger partial charge is 0.325 e. The number of piperidine rings is 1. The van der Waals surface area contributed by atoms with Crippen LogP contribution in [0.15, 0.2) is 42.5 Å². The summed E-state index contributed by atoms with van der Waals surface area (Å²) in [5, 5.41) is 2.66. The Labute approximate surface area is 158 Å². The van der Waals surface area contributed by atoms with Crippen molar-refractivity contribution in [2.24, 2.45) is 11.8 Å². The molecule has 1 heterocycles. The molecule has 0 radical (unpaired) electrons. The molecule has 1 aliphatic heterocycles. The summed E-state index contributed by atoms with van der Waals surface area (Å²) in [6.45, 7) is 5.30. The summed E-state index contributed by atoms with van der Waals surface area (Å²) >= 11 is 0. The van der Waals surface area contributed by atoms with E-state index in [4.69, 9.17) is 4.65 Å². The zero-order valence-corrected chi connectivity index (χ0v) is 16.1. The Bertz CT molecular complexity index is 720. The molecule has 3 nitrogen and oxygen atoms in total. The molecule has 0 bridgehead atoms. The predicted octanol–water partition coefficient (Wildman–Crippen LogP) is 3.95. The normalized spacial score (nSPS) is 17.3. The van der Waals surface area contributed by atoms with Gasteiger partial charge in [0.2, 0.25) is 0 Å². The topological polar surface area (TPSA) is 29.5 Å². The number of unbranched alkanes of at least 4 members (excludes halogenated alkanes) is 1. The highest BCUT2D eigenvalue weighted by atomic mass is 16.5. The van der Waals surface area contributed by atoms with E-state index in [2.05, 4.69) is 54.3 Å². The van der Waals surface area contributed by atoms with Gasteiger partial charge in [0.1, 0.15) is 0 Å². The highest BCUT2D eigenvalue weighted by molar-refractivity contribution is 6.05. The Morgan fingerprint density at radius 3 is 2.65 bits per heavy atom. The number of likely N-dealkylation sites (tertiary alicyclic amines) is 1. The molecule has 0 spiro atoms. The molecule has 0 amide bonds. The van der Waals surface area contributed by atoms with E-state index in [1.165, 1.54) is 24.4 Å². The maximum Gasteiger partial charge on any atom is 0.325 e. The minimum atomic E-state index is -0.00838. The predicted molar refractivity (Wildman–Crippen MR) is 110 cm³/mol. The van der Waals surface area contributed by atoms with Crippen molar-refractivity contribution in [2.45, 2.75) is 45.6 Å². The van der Waals surface area contributed by atoms with Crippen molar-refractivity contribution >= 4 is 24.8 Å². The van der Waals surface area contributed by atoms with Crippen molar-refractivity contribution in [3.05, 3.63) is 48.0 Å². The summed E-state index contributed by atoms with van der Waals surface area (Å²) in [6.07, 6.45) is 5.39. The number of carbonyl (C=O) groups is 1. The summed E-state index contributed by atoms with van der Waals surface area (Å²) in [6, 6.07) is 15.2. The lowest BCUT2D eigenvalue weighted by Gasteiger charge is -2.35. The molecule has 1 unspecified atom stereocenters. The number of benzene rings is 2. The summed E-state index contributed by atoms with van der Waals surface area (Å²) in [7, 11) is 1.52. The van der Waals surface area contributed by atoms with E-state index in [9.17, 15) is 4.79 Å². The molecular formula is C22H30BNO2. The van der Waals surface area contributed by atoms with E-state index in [0.717, 1.165) is 51.7 Å². The molecule has 0 aromatic heterocycles. The molecule has 1 saturated heterocycles. The molecule has 3 rings (SSSR count). The van der Waals surface area contributed by atoms with Crippen LogP contribution in [0, 0.1) is 11.8 Å². The fraction of sp³-hybridized carbons (Fsp3) is 0.500. The monoisotopic (exact) mass is 351 g/mol. The first-order chi connectivity index (χ1) is 12.7. The van der Waals surface area contributed by atoms with Crippen molar-refractivity contribution in [2.75, 3.05) is 13.1 Å². The van der Waals surface area contributed by atoms with Gasteiger partial charge in [-0.15, -0.1) is 0 Å². The molecule has 26 heavy (non-hydrogen) atoms. The van der Waals surface area contributed by atoms with Crippen LogP contribution in [-0.2, 0) is 16.0 Å². The zero-order valence-electron chi connectivity index (χ0n) is 16.1. The molecule has 2 aromatic rings. The van der Waals surface area contributed by atoms with E-state index >= 15 is 0 Å². The van der Waals surface area contributed by atoms with Crippen LogP contribution in [0.3, 0.4) is 0 Å². The minimum Gasteiger partial charge on any atom is -0.543 e. The fourth-order valence-corrected chi connectivity index (χ4v) is 4.31. The van der Waals surface area contributed by atoms with Crippen LogP contribution in [0.5, 0.6) is 0 Å². The SMILES string of the molecule is BOC(=O)C(CCCC)C1CCN(Cc2cccc3ccccc23)CC1. The quantitative estimate of drug-likeness (QED) is 0.708. The Morgan fingerprint density at radius 2 is 1.92 bits per heavy atom. The highest BCUT2D eigenvalue weighted by Gasteiger charge is 2.31. The van der Waals surface area contributed by atoms with Crippen molar-refractivity contribution in [3.8, 4) is 0 Å². The molecule has 2 aromatic carbocycles. The number of carbonyl (C=O) groups excluding carboxylic acids is 1. The van der Waals surface area contributed by atoms with Crippen LogP contribution in [0.4, 0.5) is 0 Å². The maximum atomic E-state index is 12.2. The van der Waals surface area contributed by atoms with Crippen LogP contribution in [0.2, 0.25) is 0 Å². The lowest BCUT2D eigenvalue weighted by Crippen LogP contribution is -2.38. The number of nitrogens with zero attached hydrogens (tertiary/aromatic N) is 1. The van der Waals surface area contributed by atoms with Crippen LogP contribution >= 0.6 is 0 Å². The van der Waals surface area contributed by atoms with Gasteiger partial charge in [0.05, 0.1) is 5.92 Å². The minimum absolute atomic E-state index is 0.00838. The lowest BCUT2D eigenvalue weighted by atomic mass is 9.81. The molecule has 1 aliphatic rings. The van der Waals surface area contributed by atoms with Gasteiger partial charge in [0.15, 0.2) is 0 Å². The van der Waals surface area contributed by atoms with Crippen molar-refractivity contribution in [3.63, 3.8) is 0 Å². The van der Waals surface area contributed by atoms with Crippen LogP contribution in [0.1, 0.15) is 44.6 Å². The third kappa shape index (κ3) is 4.48. The first-order valence-electron chi connectivity index (χ1n) is 9.99. The van der Waals surface area contributed by atoms with Gasteiger partial charge >= 0.3 is 8.05 Å². The van der Waals surface area contributed by atoms with E-state index in [1.54, 1.807) is 0 Å². The molecule has 1 atom stereocenters. The van der Waals surface area contributed by atoms with Gasteiger partial charge in [-0.1, -0.05) is 62.2 Å². The molecule has 4 heteroatoms. The van der Waals surface area contributed by atoms with Crippen molar-refractivity contribution in [1.29, 1.82) is 0 Å². The molecular weight excluding hydrogens is 321 g/mol. The van der Waals surface area contributed by atoms with Crippen molar-refractivity contribution in [1.82, 2.24) is 4.90 Å². The van der Waals surface area contributed by atoms with E-state index in [0.29, 0.717) is 5.92 Å². The number of fused-ring (bicyclic) bond motifs is 1. The molecule has 0 aliphatic carbocycles. The average Bonchev–Trinajstić information content (AvgIpc) is 2.69. The maximum absolute atomic E-state index is 12.2. The van der Waals surface area contributed by atoms with Crippen LogP contribution in [0.25, 0.3) is 10.8 Å². The van der Waals surface area contributed by atoms with E-state index < -0.39 is 0 Å². The molecule has 1 fully saturated rings. The summed E-state index contributed by atoms with van der Waals surface area (Å²) in [5.74, 6) is 0.545. The fourth-order valence-electron chi connectivity index (χ4n) is 4.31. The largest absolute Gasteiger partial charge is 0.543 e. The number of rotatable bonds is 7. The van der Waals surface area contributed by atoms with Gasteiger partial charge in [-0.3, -0.25) is 9.69 Å². The van der Waals surface area contributed by atoms with Gasteiger partial charge in [-0.2, -0.15) is 0 Å². The third-order valence-electron chi connectivity index (χ3n) is 5.85. The third-order valence-corrected chi connectivity index (χ3v) is 5.85.